The highest BCUT2D eigenvalue weighted by Crippen LogP contribution is 2.20. The average Bonchev–Trinajstić information content (AvgIpc) is 2.73. The summed E-state index contributed by atoms with van der Waals surface area (Å²) in [6.45, 7) is 3.72. The first-order valence-electron chi connectivity index (χ1n) is 9.53. The molecule has 2 N–H and O–H groups in total. The Hall–Kier alpha value is -3.06. The second kappa shape index (κ2) is 8.31. The standard InChI is InChI=1S/C21H24N4O3/c26-20-19-14-25(12-11-24(19)10-9-22-20)21(27)23-17-7-4-8-18(13-17)28-15-16-5-2-1-3-6-16/h1-8,13,19H,9-12,14-15H2,(H,22,26)(H,23,27)/t19-/m1/s1. The number of nitrogens with zero attached hydrogens (tertiary/aromatic N) is 2. The minimum atomic E-state index is -0.256. The Kier molecular flexibility index (Phi) is 5.43. The number of urea groups is 1. The first-order chi connectivity index (χ1) is 13.7. The van der Waals surface area contributed by atoms with E-state index >= 15 is 0 Å². The van der Waals surface area contributed by atoms with E-state index in [0.29, 0.717) is 44.2 Å². The van der Waals surface area contributed by atoms with Gasteiger partial charge in [0.2, 0.25) is 5.91 Å². The Morgan fingerprint density at radius 1 is 1.11 bits per heavy atom. The van der Waals surface area contributed by atoms with Crippen LogP contribution in [-0.4, -0.2) is 60.5 Å². The number of benzene rings is 2. The van der Waals surface area contributed by atoms with Crippen LogP contribution in [0.2, 0.25) is 0 Å². The zero-order valence-electron chi connectivity index (χ0n) is 15.6. The summed E-state index contributed by atoms with van der Waals surface area (Å²) in [6, 6.07) is 16.8. The summed E-state index contributed by atoms with van der Waals surface area (Å²) in [5.74, 6) is 0.693. The Labute approximate surface area is 164 Å². The van der Waals surface area contributed by atoms with E-state index in [0.717, 1.165) is 12.1 Å². The Bertz CT molecular complexity index is 843. The minimum absolute atomic E-state index is 0.0000549. The lowest BCUT2D eigenvalue weighted by atomic mass is 10.1. The van der Waals surface area contributed by atoms with Gasteiger partial charge >= 0.3 is 6.03 Å². The maximum absolute atomic E-state index is 12.7. The van der Waals surface area contributed by atoms with Gasteiger partial charge in [0.25, 0.3) is 0 Å². The van der Waals surface area contributed by atoms with Crippen molar-refractivity contribution < 1.29 is 14.3 Å². The normalized spacial score (nSPS) is 19.5. The summed E-state index contributed by atoms with van der Waals surface area (Å²) in [5, 5.41) is 5.79. The third-order valence-electron chi connectivity index (χ3n) is 5.11. The first kappa shape index (κ1) is 18.3. The van der Waals surface area contributed by atoms with Crippen LogP contribution in [0.3, 0.4) is 0 Å². The predicted molar refractivity (Wildman–Crippen MR) is 106 cm³/mol. The third kappa shape index (κ3) is 4.26. The van der Waals surface area contributed by atoms with Crippen LogP contribution < -0.4 is 15.4 Å². The van der Waals surface area contributed by atoms with Gasteiger partial charge in [0.1, 0.15) is 18.4 Å². The second-order valence-corrected chi connectivity index (χ2v) is 7.02. The number of nitrogens with one attached hydrogen (secondary N) is 2. The van der Waals surface area contributed by atoms with E-state index in [2.05, 4.69) is 15.5 Å². The summed E-state index contributed by atoms with van der Waals surface area (Å²) < 4.78 is 5.82. The largest absolute Gasteiger partial charge is 0.489 e. The highest BCUT2D eigenvalue weighted by atomic mass is 16.5. The molecule has 0 saturated carbocycles. The number of ether oxygens (including phenoxy) is 1. The lowest BCUT2D eigenvalue weighted by Crippen LogP contribution is -2.64. The molecule has 146 valence electrons. The number of anilines is 1. The molecule has 0 unspecified atom stereocenters. The lowest BCUT2D eigenvalue weighted by molar-refractivity contribution is -0.131. The van der Waals surface area contributed by atoms with Crippen molar-refractivity contribution in [2.45, 2.75) is 12.6 Å². The van der Waals surface area contributed by atoms with Crippen molar-refractivity contribution in [3.8, 4) is 5.75 Å². The summed E-state index contributed by atoms with van der Waals surface area (Å²) >= 11 is 0. The molecule has 7 nitrogen and oxygen atoms in total. The first-order valence-corrected chi connectivity index (χ1v) is 9.53. The molecular formula is C21H24N4O3. The van der Waals surface area contributed by atoms with Crippen molar-refractivity contribution in [1.82, 2.24) is 15.1 Å². The van der Waals surface area contributed by atoms with E-state index in [1.165, 1.54) is 0 Å². The van der Waals surface area contributed by atoms with Gasteiger partial charge in [-0.2, -0.15) is 0 Å². The molecule has 2 aliphatic rings. The second-order valence-electron chi connectivity index (χ2n) is 7.02. The highest BCUT2D eigenvalue weighted by Gasteiger charge is 2.36. The maximum Gasteiger partial charge on any atom is 0.321 e. The molecule has 2 saturated heterocycles. The molecule has 2 aromatic carbocycles. The van der Waals surface area contributed by atoms with Crippen molar-refractivity contribution in [3.63, 3.8) is 0 Å². The van der Waals surface area contributed by atoms with E-state index in [1.54, 1.807) is 4.90 Å². The van der Waals surface area contributed by atoms with Gasteiger partial charge in [-0.05, 0) is 17.7 Å². The fraction of sp³-hybridized carbons (Fsp3) is 0.333. The zero-order chi connectivity index (χ0) is 19.3. The fourth-order valence-electron chi connectivity index (χ4n) is 3.57. The van der Waals surface area contributed by atoms with Crippen molar-refractivity contribution in [1.29, 1.82) is 0 Å². The van der Waals surface area contributed by atoms with Crippen LogP contribution in [0.4, 0.5) is 10.5 Å². The smallest absolute Gasteiger partial charge is 0.321 e. The van der Waals surface area contributed by atoms with Gasteiger partial charge in [-0.15, -0.1) is 0 Å². The van der Waals surface area contributed by atoms with Crippen molar-refractivity contribution in [2.75, 3.05) is 38.0 Å². The molecule has 2 aromatic rings. The third-order valence-corrected chi connectivity index (χ3v) is 5.11. The highest BCUT2D eigenvalue weighted by molar-refractivity contribution is 5.91. The van der Waals surface area contributed by atoms with Gasteiger partial charge in [0.05, 0.1) is 0 Å². The molecule has 1 atom stereocenters. The summed E-state index contributed by atoms with van der Waals surface area (Å²) in [6.07, 6.45) is 0. The summed E-state index contributed by atoms with van der Waals surface area (Å²) in [5.41, 5.74) is 1.76. The van der Waals surface area contributed by atoms with Crippen LogP contribution in [0.15, 0.2) is 54.6 Å². The van der Waals surface area contributed by atoms with E-state index < -0.39 is 0 Å². The topological polar surface area (TPSA) is 73.9 Å². The molecule has 0 bridgehead atoms. The van der Waals surface area contributed by atoms with Crippen molar-refractivity contribution in [2.24, 2.45) is 0 Å². The fourth-order valence-corrected chi connectivity index (χ4v) is 3.57. The van der Waals surface area contributed by atoms with Gasteiger partial charge in [-0.25, -0.2) is 4.79 Å². The van der Waals surface area contributed by atoms with Gasteiger partial charge in [-0.1, -0.05) is 36.4 Å². The molecule has 2 aliphatic heterocycles. The quantitative estimate of drug-likeness (QED) is 0.850. The van der Waals surface area contributed by atoms with Crippen LogP contribution >= 0.6 is 0 Å². The van der Waals surface area contributed by atoms with Crippen molar-refractivity contribution in [3.05, 3.63) is 60.2 Å². The van der Waals surface area contributed by atoms with E-state index in [9.17, 15) is 9.59 Å². The number of hydrogen-bond donors (Lipinski definition) is 2. The Balaban J connectivity index is 1.35. The van der Waals surface area contributed by atoms with Crippen LogP contribution in [0.1, 0.15) is 5.56 Å². The SMILES string of the molecule is O=C1NCCN2CCN(C(=O)Nc3cccc(OCc4ccccc4)c3)C[C@H]12. The van der Waals surface area contributed by atoms with E-state index in [1.807, 2.05) is 54.6 Å². The maximum atomic E-state index is 12.7. The van der Waals surface area contributed by atoms with Crippen molar-refractivity contribution >= 4 is 17.6 Å². The lowest BCUT2D eigenvalue weighted by Gasteiger charge is -2.42. The number of fused-ring (bicyclic) bond motifs is 1. The number of amides is 3. The Morgan fingerprint density at radius 3 is 2.82 bits per heavy atom. The summed E-state index contributed by atoms with van der Waals surface area (Å²) in [7, 11) is 0. The molecular weight excluding hydrogens is 356 g/mol. The number of carbonyl (C=O) groups excluding carboxylic acids is 2. The molecule has 7 heteroatoms. The van der Waals surface area contributed by atoms with Crippen LogP contribution in [-0.2, 0) is 11.4 Å². The zero-order valence-corrected chi connectivity index (χ0v) is 15.6. The molecule has 0 radical (unpaired) electrons. The number of rotatable bonds is 4. The number of carbonyl (C=O) groups is 2. The number of hydrogen-bond acceptors (Lipinski definition) is 4. The molecule has 4 rings (SSSR count). The molecule has 28 heavy (non-hydrogen) atoms. The van der Waals surface area contributed by atoms with Gasteiger partial charge in [0, 0.05) is 44.5 Å². The summed E-state index contributed by atoms with van der Waals surface area (Å²) in [4.78, 5) is 28.6. The predicted octanol–water partition coefficient (Wildman–Crippen LogP) is 1.91. The molecule has 0 spiro atoms. The monoisotopic (exact) mass is 380 g/mol. The van der Waals surface area contributed by atoms with Crippen LogP contribution in [0, 0.1) is 0 Å². The molecule has 2 heterocycles. The molecule has 0 aromatic heterocycles. The van der Waals surface area contributed by atoms with Gasteiger partial charge < -0.3 is 20.3 Å². The van der Waals surface area contributed by atoms with Gasteiger partial charge in [0.15, 0.2) is 0 Å². The number of piperazine rings is 2. The van der Waals surface area contributed by atoms with Crippen LogP contribution in [0.25, 0.3) is 0 Å². The minimum Gasteiger partial charge on any atom is -0.489 e. The van der Waals surface area contributed by atoms with E-state index in [-0.39, 0.29) is 18.0 Å². The molecule has 0 aliphatic carbocycles. The van der Waals surface area contributed by atoms with E-state index in [4.69, 9.17) is 4.74 Å². The average molecular weight is 380 g/mol. The van der Waals surface area contributed by atoms with Gasteiger partial charge in [-0.3, -0.25) is 9.69 Å². The Morgan fingerprint density at radius 2 is 1.96 bits per heavy atom. The molecule has 3 amide bonds. The van der Waals surface area contributed by atoms with Crippen LogP contribution in [0.5, 0.6) is 5.75 Å². The molecule has 2 fully saturated rings.